The van der Waals surface area contributed by atoms with Crippen molar-refractivity contribution < 1.29 is 4.39 Å². The molecule has 2 aromatic rings. The second-order valence-electron chi connectivity index (χ2n) is 4.61. The Labute approximate surface area is 126 Å². The second-order valence-corrected chi connectivity index (χ2v) is 7.15. The van der Waals surface area contributed by atoms with Crippen molar-refractivity contribution in [2.24, 2.45) is 0 Å². The van der Waals surface area contributed by atoms with Gasteiger partial charge in [0.15, 0.2) is 0 Å². The van der Waals surface area contributed by atoms with E-state index in [1.54, 1.807) is 17.4 Å². The van der Waals surface area contributed by atoms with Gasteiger partial charge in [-0.05, 0) is 59.5 Å². The van der Waals surface area contributed by atoms with Crippen molar-refractivity contribution in [3.8, 4) is 0 Å². The van der Waals surface area contributed by atoms with Gasteiger partial charge in [-0.1, -0.05) is 18.2 Å². The van der Waals surface area contributed by atoms with Gasteiger partial charge in [-0.15, -0.1) is 11.3 Å². The molecule has 0 aliphatic rings. The van der Waals surface area contributed by atoms with Crippen molar-refractivity contribution in [2.75, 3.05) is 6.54 Å². The van der Waals surface area contributed by atoms with Gasteiger partial charge in [0.2, 0.25) is 0 Å². The van der Waals surface area contributed by atoms with Crippen LogP contribution in [0.15, 0.2) is 40.2 Å². The van der Waals surface area contributed by atoms with Crippen molar-refractivity contribution in [1.82, 2.24) is 5.32 Å². The van der Waals surface area contributed by atoms with Crippen LogP contribution < -0.4 is 5.32 Å². The quantitative estimate of drug-likeness (QED) is 0.820. The SMILES string of the molecule is CC(Cc1ccccc1F)NCCc1ccc(Br)s1. The maximum absolute atomic E-state index is 13.5. The summed E-state index contributed by atoms with van der Waals surface area (Å²) in [6, 6.07) is 11.5. The molecule has 1 N–H and O–H groups in total. The highest BCUT2D eigenvalue weighted by Crippen LogP contribution is 2.22. The number of nitrogens with one attached hydrogen (secondary N) is 1. The lowest BCUT2D eigenvalue weighted by Gasteiger charge is -2.13. The largest absolute Gasteiger partial charge is 0.314 e. The molecule has 1 atom stereocenters. The number of halogens is 2. The van der Waals surface area contributed by atoms with Gasteiger partial charge in [0.05, 0.1) is 3.79 Å². The number of thiophene rings is 1. The van der Waals surface area contributed by atoms with Crippen LogP contribution in [0.25, 0.3) is 0 Å². The van der Waals surface area contributed by atoms with Crippen LogP contribution in [0.2, 0.25) is 0 Å². The van der Waals surface area contributed by atoms with Gasteiger partial charge in [0.1, 0.15) is 5.82 Å². The predicted molar refractivity (Wildman–Crippen MR) is 83.3 cm³/mol. The summed E-state index contributed by atoms with van der Waals surface area (Å²) in [5.41, 5.74) is 0.779. The summed E-state index contributed by atoms with van der Waals surface area (Å²) < 4.78 is 14.7. The third-order valence-electron chi connectivity index (χ3n) is 2.98. The molecule has 1 unspecified atom stereocenters. The molecule has 1 heterocycles. The summed E-state index contributed by atoms with van der Waals surface area (Å²) in [5, 5.41) is 3.44. The summed E-state index contributed by atoms with van der Waals surface area (Å²) in [6.45, 7) is 3.01. The topological polar surface area (TPSA) is 12.0 Å². The van der Waals surface area contributed by atoms with Crippen LogP contribution in [0.1, 0.15) is 17.4 Å². The average molecular weight is 342 g/mol. The zero-order chi connectivity index (χ0) is 13.7. The van der Waals surface area contributed by atoms with E-state index in [0.29, 0.717) is 0 Å². The highest BCUT2D eigenvalue weighted by Gasteiger charge is 2.07. The molecule has 0 fully saturated rings. The van der Waals surface area contributed by atoms with Crippen molar-refractivity contribution in [2.45, 2.75) is 25.8 Å². The van der Waals surface area contributed by atoms with E-state index in [1.807, 2.05) is 12.1 Å². The van der Waals surface area contributed by atoms with Gasteiger partial charge in [0.25, 0.3) is 0 Å². The molecule has 0 amide bonds. The Morgan fingerprint density at radius 2 is 2.05 bits per heavy atom. The molecular formula is C15H17BrFNS. The van der Waals surface area contributed by atoms with Crippen LogP contribution in [0.5, 0.6) is 0 Å². The van der Waals surface area contributed by atoms with E-state index in [0.717, 1.165) is 24.9 Å². The Morgan fingerprint density at radius 1 is 1.26 bits per heavy atom. The molecule has 1 aromatic carbocycles. The molecule has 0 spiro atoms. The van der Waals surface area contributed by atoms with Crippen LogP contribution in [-0.4, -0.2) is 12.6 Å². The van der Waals surface area contributed by atoms with Crippen LogP contribution in [0.3, 0.4) is 0 Å². The predicted octanol–water partition coefficient (Wildman–Crippen LogP) is 4.41. The second kappa shape index (κ2) is 7.17. The van der Waals surface area contributed by atoms with Gasteiger partial charge < -0.3 is 5.32 Å². The maximum atomic E-state index is 13.5. The van der Waals surface area contributed by atoms with Gasteiger partial charge in [-0.25, -0.2) is 4.39 Å². The van der Waals surface area contributed by atoms with E-state index >= 15 is 0 Å². The number of hydrogen-bond donors (Lipinski definition) is 1. The van der Waals surface area contributed by atoms with Gasteiger partial charge in [-0.2, -0.15) is 0 Å². The summed E-state index contributed by atoms with van der Waals surface area (Å²) in [4.78, 5) is 1.36. The fraction of sp³-hybridized carbons (Fsp3) is 0.333. The number of benzene rings is 1. The minimum absolute atomic E-state index is 0.113. The Morgan fingerprint density at radius 3 is 2.74 bits per heavy atom. The smallest absolute Gasteiger partial charge is 0.126 e. The molecule has 0 aliphatic heterocycles. The lowest BCUT2D eigenvalue weighted by atomic mass is 10.1. The lowest BCUT2D eigenvalue weighted by molar-refractivity contribution is 0.529. The molecule has 102 valence electrons. The van der Waals surface area contributed by atoms with E-state index in [9.17, 15) is 4.39 Å². The highest BCUT2D eigenvalue weighted by molar-refractivity contribution is 9.11. The Hall–Kier alpha value is -0.710. The fourth-order valence-electron chi connectivity index (χ4n) is 1.99. The lowest BCUT2D eigenvalue weighted by Crippen LogP contribution is -2.30. The fourth-order valence-corrected chi connectivity index (χ4v) is 3.48. The van der Waals surface area contributed by atoms with E-state index in [1.165, 1.54) is 14.7 Å². The molecule has 0 saturated heterocycles. The van der Waals surface area contributed by atoms with Crippen LogP contribution in [0.4, 0.5) is 4.39 Å². The third-order valence-corrected chi connectivity index (χ3v) is 4.66. The Kier molecular flexibility index (Phi) is 5.55. The van der Waals surface area contributed by atoms with Gasteiger partial charge in [0, 0.05) is 17.5 Å². The van der Waals surface area contributed by atoms with Gasteiger partial charge >= 0.3 is 0 Å². The maximum Gasteiger partial charge on any atom is 0.126 e. The van der Waals surface area contributed by atoms with Crippen molar-refractivity contribution in [1.29, 1.82) is 0 Å². The zero-order valence-corrected chi connectivity index (χ0v) is 13.2. The number of rotatable bonds is 6. The van der Waals surface area contributed by atoms with E-state index < -0.39 is 0 Å². The first-order chi connectivity index (χ1) is 9.15. The first-order valence-electron chi connectivity index (χ1n) is 6.36. The first kappa shape index (κ1) is 14.7. The minimum atomic E-state index is -0.113. The van der Waals surface area contributed by atoms with Crippen molar-refractivity contribution >= 4 is 27.3 Å². The minimum Gasteiger partial charge on any atom is -0.314 e. The Balaban J connectivity index is 1.76. The first-order valence-corrected chi connectivity index (χ1v) is 7.97. The summed E-state index contributed by atoms with van der Waals surface area (Å²) in [7, 11) is 0. The van der Waals surface area contributed by atoms with Crippen molar-refractivity contribution in [3.05, 3.63) is 56.4 Å². The monoisotopic (exact) mass is 341 g/mol. The summed E-state index contributed by atoms with van der Waals surface area (Å²) >= 11 is 5.22. The molecule has 0 aliphatic carbocycles. The highest BCUT2D eigenvalue weighted by atomic mass is 79.9. The van der Waals surface area contributed by atoms with Crippen LogP contribution in [-0.2, 0) is 12.8 Å². The van der Waals surface area contributed by atoms with E-state index in [2.05, 4.69) is 40.3 Å². The molecule has 1 nitrogen and oxygen atoms in total. The molecule has 2 rings (SSSR count). The summed E-state index contributed by atoms with van der Waals surface area (Å²) in [5.74, 6) is -0.113. The van der Waals surface area contributed by atoms with E-state index in [4.69, 9.17) is 0 Å². The van der Waals surface area contributed by atoms with Crippen LogP contribution >= 0.6 is 27.3 Å². The third kappa shape index (κ3) is 4.71. The average Bonchev–Trinajstić information content (AvgIpc) is 2.78. The standard InChI is InChI=1S/C15H17BrFNS/c1-11(10-12-4-2-3-5-14(12)17)18-9-8-13-6-7-15(16)19-13/h2-7,11,18H,8-10H2,1H3. The van der Waals surface area contributed by atoms with E-state index in [-0.39, 0.29) is 11.9 Å². The van der Waals surface area contributed by atoms with Gasteiger partial charge in [-0.3, -0.25) is 0 Å². The molecule has 1 aromatic heterocycles. The molecule has 19 heavy (non-hydrogen) atoms. The zero-order valence-electron chi connectivity index (χ0n) is 10.8. The number of hydrogen-bond acceptors (Lipinski definition) is 2. The molecule has 0 bridgehead atoms. The molecule has 0 saturated carbocycles. The molecular weight excluding hydrogens is 325 g/mol. The molecule has 4 heteroatoms. The Bertz CT molecular complexity index is 526. The van der Waals surface area contributed by atoms with Crippen LogP contribution in [0, 0.1) is 5.82 Å². The normalized spacial score (nSPS) is 12.6. The molecule has 0 radical (unpaired) electrons. The summed E-state index contributed by atoms with van der Waals surface area (Å²) in [6.07, 6.45) is 1.73. The van der Waals surface area contributed by atoms with Crippen molar-refractivity contribution in [3.63, 3.8) is 0 Å².